The number of rotatable bonds is 12. The largest absolute Gasteiger partial charge is 0.350 e. The van der Waals surface area contributed by atoms with Crippen molar-refractivity contribution in [3.05, 3.63) is 99.0 Å². The molecule has 42 heavy (non-hydrogen) atoms. The molecule has 0 aliphatic carbocycles. The molecule has 0 spiro atoms. The number of carbonyl (C=O) groups excluding carboxylic acids is 2. The summed E-state index contributed by atoms with van der Waals surface area (Å²) in [5.41, 5.74) is 1.48. The lowest BCUT2D eigenvalue weighted by molar-refractivity contribution is -0.142. The quantitative estimate of drug-likeness (QED) is 0.235. The molecule has 2 amide bonds. The highest BCUT2D eigenvalue weighted by atomic mass is 35.5. The van der Waals surface area contributed by atoms with Crippen LogP contribution in [0.3, 0.4) is 0 Å². The van der Waals surface area contributed by atoms with Crippen molar-refractivity contribution < 1.29 is 18.0 Å². The second-order valence-corrected chi connectivity index (χ2v) is 14.3. The van der Waals surface area contributed by atoms with Gasteiger partial charge in [-0.05, 0) is 68.7 Å². The molecule has 0 fully saturated rings. The topological polar surface area (TPSA) is 86.8 Å². The van der Waals surface area contributed by atoms with Crippen LogP contribution < -0.4 is 9.62 Å². The average Bonchev–Trinajstić information content (AvgIpc) is 2.89. The van der Waals surface area contributed by atoms with Crippen LogP contribution in [-0.4, -0.2) is 49.5 Å². The maximum Gasteiger partial charge on any atom is 0.243 e. The first-order valence-corrected chi connectivity index (χ1v) is 16.4. The highest BCUT2D eigenvalue weighted by Crippen LogP contribution is 2.26. The Morgan fingerprint density at radius 1 is 0.881 bits per heavy atom. The Morgan fingerprint density at radius 3 is 2.17 bits per heavy atom. The van der Waals surface area contributed by atoms with Crippen LogP contribution in [0.2, 0.25) is 15.1 Å². The average molecular weight is 653 g/mol. The first-order valence-electron chi connectivity index (χ1n) is 13.5. The fourth-order valence-electron chi connectivity index (χ4n) is 4.48. The van der Waals surface area contributed by atoms with Crippen LogP contribution in [0.25, 0.3) is 0 Å². The lowest BCUT2D eigenvalue weighted by atomic mass is 10.00. The van der Waals surface area contributed by atoms with Crippen molar-refractivity contribution in [1.29, 1.82) is 0 Å². The normalized spacial score (nSPS) is 12.5. The zero-order chi connectivity index (χ0) is 31.1. The van der Waals surface area contributed by atoms with Gasteiger partial charge in [-0.2, -0.15) is 0 Å². The summed E-state index contributed by atoms with van der Waals surface area (Å²) in [5, 5.41) is 4.14. The van der Waals surface area contributed by atoms with Crippen LogP contribution in [-0.2, 0) is 32.6 Å². The van der Waals surface area contributed by atoms with Gasteiger partial charge in [0.2, 0.25) is 21.8 Å². The Morgan fingerprint density at radius 2 is 1.57 bits per heavy atom. The van der Waals surface area contributed by atoms with Crippen molar-refractivity contribution in [2.24, 2.45) is 0 Å². The lowest BCUT2D eigenvalue weighted by Crippen LogP contribution is -2.54. The van der Waals surface area contributed by atoms with Gasteiger partial charge in [0.25, 0.3) is 0 Å². The molecule has 1 N–H and O–H groups in total. The van der Waals surface area contributed by atoms with Crippen molar-refractivity contribution in [1.82, 2.24) is 10.2 Å². The number of nitrogens with zero attached hydrogens (tertiary/aromatic N) is 2. The molecule has 0 unspecified atom stereocenters. The van der Waals surface area contributed by atoms with E-state index in [2.05, 4.69) is 5.32 Å². The summed E-state index contributed by atoms with van der Waals surface area (Å²) in [7, 11) is -3.64. The third-order valence-corrected chi connectivity index (χ3v) is 8.52. The highest BCUT2D eigenvalue weighted by Gasteiger charge is 2.32. The van der Waals surface area contributed by atoms with Crippen LogP contribution in [0.4, 0.5) is 5.69 Å². The molecule has 0 aliphatic heterocycles. The summed E-state index contributed by atoms with van der Waals surface area (Å²) < 4.78 is 26.4. The molecule has 0 saturated heterocycles. The molecule has 0 heterocycles. The molecule has 7 nitrogen and oxygen atoms in total. The standard InChI is InChI=1S/C31H36Cl3N3O4S/c1-31(2,3)35-30(39)28(19-22-10-6-5-7-11-22)36(21-23-15-16-26(33)27(34)18-23)29(38)14-9-17-37(42(4,40)41)25-13-8-12-24(32)20-25/h5-8,10-13,15-16,18,20,28H,9,14,17,19,21H2,1-4H3,(H,35,39)/t28-/m1/s1. The summed E-state index contributed by atoms with van der Waals surface area (Å²) in [6, 6.07) is 20.3. The molecular formula is C31H36Cl3N3O4S. The van der Waals surface area contributed by atoms with E-state index in [0.29, 0.717) is 26.3 Å². The van der Waals surface area contributed by atoms with Gasteiger partial charge in [-0.1, -0.05) is 77.3 Å². The van der Waals surface area contributed by atoms with Crippen molar-refractivity contribution in [2.45, 2.75) is 58.2 Å². The first kappa shape index (κ1) is 33.7. The number of carbonyl (C=O) groups is 2. The Kier molecular flexibility index (Phi) is 11.7. The summed E-state index contributed by atoms with van der Waals surface area (Å²) in [5.74, 6) is -0.595. The van der Waals surface area contributed by atoms with Crippen molar-refractivity contribution in [3.8, 4) is 0 Å². The number of amides is 2. The molecule has 0 aliphatic rings. The summed E-state index contributed by atoms with van der Waals surface area (Å²) >= 11 is 18.5. The minimum Gasteiger partial charge on any atom is -0.350 e. The first-order chi connectivity index (χ1) is 19.6. The van der Waals surface area contributed by atoms with Gasteiger partial charge in [0.15, 0.2) is 0 Å². The Bertz CT molecular complexity index is 1490. The molecule has 11 heteroatoms. The monoisotopic (exact) mass is 651 g/mol. The number of sulfonamides is 1. The van der Waals surface area contributed by atoms with Crippen molar-refractivity contribution in [3.63, 3.8) is 0 Å². The molecule has 3 aromatic rings. The van der Waals surface area contributed by atoms with Crippen LogP contribution in [0.1, 0.15) is 44.7 Å². The second kappa shape index (κ2) is 14.6. The zero-order valence-electron chi connectivity index (χ0n) is 24.1. The number of hydrogen-bond acceptors (Lipinski definition) is 4. The zero-order valence-corrected chi connectivity index (χ0v) is 27.2. The lowest BCUT2D eigenvalue weighted by Gasteiger charge is -2.34. The predicted octanol–water partition coefficient (Wildman–Crippen LogP) is 6.75. The van der Waals surface area contributed by atoms with Gasteiger partial charge < -0.3 is 10.2 Å². The maximum atomic E-state index is 13.9. The van der Waals surface area contributed by atoms with Gasteiger partial charge in [0.05, 0.1) is 22.0 Å². The highest BCUT2D eigenvalue weighted by molar-refractivity contribution is 7.92. The summed E-state index contributed by atoms with van der Waals surface area (Å²) in [6.45, 7) is 5.81. The van der Waals surface area contributed by atoms with Gasteiger partial charge in [-0.15, -0.1) is 0 Å². The van der Waals surface area contributed by atoms with E-state index in [1.54, 1.807) is 42.5 Å². The molecule has 3 aromatic carbocycles. The van der Waals surface area contributed by atoms with Crippen LogP contribution in [0.5, 0.6) is 0 Å². The SMILES string of the molecule is CC(C)(C)NC(=O)[C@@H](Cc1ccccc1)N(Cc1ccc(Cl)c(Cl)c1)C(=O)CCCN(c1cccc(Cl)c1)S(C)(=O)=O. The summed E-state index contributed by atoms with van der Waals surface area (Å²) in [4.78, 5) is 29.2. The van der Waals surface area contributed by atoms with Crippen molar-refractivity contribution >= 4 is 62.3 Å². The third-order valence-electron chi connectivity index (χ3n) is 6.35. The number of halogens is 3. The Hall–Kier alpha value is -2.78. The van der Waals surface area contributed by atoms with Crippen LogP contribution in [0.15, 0.2) is 72.8 Å². The van der Waals surface area contributed by atoms with Crippen LogP contribution in [0, 0.1) is 0 Å². The Labute approximate surface area is 263 Å². The number of anilines is 1. The van der Waals surface area contributed by atoms with E-state index in [-0.39, 0.29) is 44.2 Å². The molecular weight excluding hydrogens is 617 g/mol. The van der Waals surface area contributed by atoms with E-state index in [1.165, 1.54) is 9.21 Å². The number of benzene rings is 3. The minimum atomic E-state index is -3.64. The van der Waals surface area contributed by atoms with Gasteiger partial charge in [0, 0.05) is 36.5 Å². The van der Waals surface area contributed by atoms with Gasteiger partial charge in [-0.25, -0.2) is 8.42 Å². The molecule has 0 bridgehead atoms. The van der Waals surface area contributed by atoms with E-state index < -0.39 is 21.6 Å². The van der Waals surface area contributed by atoms with E-state index >= 15 is 0 Å². The van der Waals surface area contributed by atoms with Gasteiger partial charge >= 0.3 is 0 Å². The van der Waals surface area contributed by atoms with E-state index in [4.69, 9.17) is 34.8 Å². The summed E-state index contributed by atoms with van der Waals surface area (Å²) in [6.07, 6.45) is 1.62. The number of hydrogen-bond donors (Lipinski definition) is 1. The van der Waals surface area contributed by atoms with Crippen molar-refractivity contribution in [2.75, 3.05) is 17.1 Å². The Balaban J connectivity index is 1.93. The van der Waals surface area contributed by atoms with E-state index in [1.807, 2.05) is 51.1 Å². The maximum absolute atomic E-state index is 13.9. The van der Waals surface area contributed by atoms with Gasteiger partial charge in [-0.3, -0.25) is 13.9 Å². The smallest absolute Gasteiger partial charge is 0.243 e. The predicted molar refractivity (Wildman–Crippen MR) is 172 cm³/mol. The number of nitrogens with one attached hydrogen (secondary N) is 1. The minimum absolute atomic E-state index is 0.00198. The molecule has 3 rings (SSSR count). The molecule has 0 aromatic heterocycles. The molecule has 0 saturated carbocycles. The molecule has 1 atom stereocenters. The van der Waals surface area contributed by atoms with E-state index in [0.717, 1.165) is 11.8 Å². The van der Waals surface area contributed by atoms with Gasteiger partial charge in [0.1, 0.15) is 6.04 Å². The third kappa shape index (κ3) is 10.2. The fraction of sp³-hybridized carbons (Fsp3) is 0.355. The van der Waals surface area contributed by atoms with E-state index in [9.17, 15) is 18.0 Å². The molecule has 0 radical (unpaired) electrons. The van der Waals surface area contributed by atoms with Crippen LogP contribution >= 0.6 is 34.8 Å². The fourth-order valence-corrected chi connectivity index (χ4v) is 5.94. The molecule has 226 valence electrons. The second-order valence-electron chi connectivity index (χ2n) is 11.1.